The van der Waals surface area contributed by atoms with Crippen LogP contribution in [0.4, 0.5) is 0 Å². The van der Waals surface area contributed by atoms with Gasteiger partial charge in [0.15, 0.2) is 0 Å². The number of imidazole rings is 1. The van der Waals surface area contributed by atoms with E-state index in [1.807, 2.05) is 0 Å². The summed E-state index contributed by atoms with van der Waals surface area (Å²) in [6, 6.07) is 0.567. The molecule has 0 radical (unpaired) electrons. The van der Waals surface area contributed by atoms with E-state index in [9.17, 15) is 0 Å². The standard InChI is InChI=1S/C20H38N2/c1-18(2)14-12-10-8-6-5-7-9-11-13-15-20-21-16-17-22(20)19(3)4/h16-19H,5-15H2,1-4H3/p+1. The molecule has 22 heavy (non-hydrogen) atoms. The molecule has 2 nitrogen and oxygen atoms in total. The summed E-state index contributed by atoms with van der Waals surface area (Å²) in [4.78, 5) is 3.39. The number of nitrogens with zero attached hydrogens (tertiary/aromatic N) is 1. The van der Waals surface area contributed by atoms with Crippen LogP contribution in [-0.2, 0) is 6.42 Å². The Balaban J connectivity index is 1.90. The minimum absolute atomic E-state index is 0.567. The van der Waals surface area contributed by atoms with Crippen LogP contribution in [0.5, 0.6) is 0 Å². The van der Waals surface area contributed by atoms with Gasteiger partial charge < -0.3 is 0 Å². The average Bonchev–Trinajstić information content (AvgIpc) is 2.93. The number of unbranched alkanes of at least 4 members (excludes halogenated alkanes) is 8. The average molecular weight is 308 g/mol. The molecule has 128 valence electrons. The Morgan fingerprint density at radius 2 is 1.36 bits per heavy atom. The van der Waals surface area contributed by atoms with Crippen LogP contribution in [0.2, 0.25) is 0 Å². The predicted molar refractivity (Wildman–Crippen MR) is 96.1 cm³/mol. The molecule has 1 rings (SSSR count). The van der Waals surface area contributed by atoms with E-state index in [0.29, 0.717) is 6.04 Å². The Bertz CT molecular complexity index is 366. The zero-order valence-electron chi connectivity index (χ0n) is 15.5. The van der Waals surface area contributed by atoms with E-state index in [4.69, 9.17) is 0 Å². The van der Waals surface area contributed by atoms with Crippen molar-refractivity contribution in [1.29, 1.82) is 0 Å². The van der Waals surface area contributed by atoms with Gasteiger partial charge in [0.05, 0.1) is 6.04 Å². The first kappa shape index (κ1) is 19.3. The second kappa shape index (κ2) is 11.7. The van der Waals surface area contributed by atoms with Gasteiger partial charge in [-0.2, -0.15) is 0 Å². The van der Waals surface area contributed by atoms with Gasteiger partial charge in [0.25, 0.3) is 5.82 Å². The van der Waals surface area contributed by atoms with Gasteiger partial charge in [0.1, 0.15) is 12.4 Å². The number of H-pyrrole nitrogens is 1. The molecule has 0 atom stereocenters. The maximum Gasteiger partial charge on any atom is 0.254 e. The summed E-state index contributed by atoms with van der Waals surface area (Å²) >= 11 is 0. The molecule has 1 aromatic heterocycles. The number of aryl methyl sites for hydroxylation is 1. The van der Waals surface area contributed by atoms with Crippen molar-refractivity contribution in [3.63, 3.8) is 0 Å². The van der Waals surface area contributed by atoms with Gasteiger partial charge in [-0.25, -0.2) is 9.55 Å². The summed E-state index contributed by atoms with van der Waals surface area (Å²) < 4.78 is 2.36. The van der Waals surface area contributed by atoms with Crippen molar-refractivity contribution < 1.29 is 4.57 Å². The van der Waals surface area contributed by atoms with Gasteiger partial charge in [0, 0.05) is 6.42 Å². The third-order valence-electron chi connectivity index (χ3n) is 4.55. The first-order valence-corrected chi connectivity index (χ1v) is 9.68. The highest BCUT2D eigenvalue weighted by Gasteiger charge is 2.12. The van der Waals surface area contributed by atoms with E-state index >= 15 is 0 Å². The molecule has 0 aliphatic rings. The number of aromatic amines is 1. The molecule has 0 bridgehead atoms. The second-order valence-electron chi connectivity index (χ2n) is 7.52. The van der Waals surface area contributed by atoms with Gasteiger partial charge in [-0.3, -0.25) is 0 Å². The van der Waals surface area contributed by atoms with Gasteiger partial charge in [0.2, 0.25) is 0 Å². The highest BCUT2D eigenvalue weighted by molar-refractivity contribution is 4.78. The topological polar surface area (TPSA) is 19.7 Å². The van der Waals surface area contributed by atoms with Crippen molar-refractivity contribution in [2.75, 3.05) is 0 Å². The molecular weight excluding hydrogens is 268 g/mol. The van der Waals surface area contributed by atoms with Crippen LogP contribution in [0.15, 0.2) is 12.4 Å². The molecule has 0 saturated carbocycles. The van der Waals surface area contributed by atoms with Crippen LogP contribution >= 0.6 is 0 Å². The largest absolute Gasteiger partial charge is 0.254 e. The van der Waals surface area contributed by atoms with E-state index < -0.39 is 0 Å². The molecule has 0 amide bonds. The van der Waals surface area contributed by atoms with Crippen LogP contribution in [0, 0.1) is 5.92 Å². The smallest absolute Gasteiger partial charge is 0.248 e. The van der Waals surface area contributed by atoms with Crippen LogP contribution < -0.4 is 4.57 Å². The maximum absolute atomic E-state index is 3.39. The van der Waals surface area contributed by atoms with Gasteiger partial charge >= 0.3 is 0 Å². The molecule has 2 heteroatoms. The molecule has 0 fully saturated rings. The zero-order valence-corrected chi connectivity index (χ0v) is 15.5. The molecular formula is C20H39N2+. The minimum Gasteiger partial charge on any atom is -0.248 e. The summed E-state index contributed by atoms with van der Waals surface area (Å²) in [5, 5.41) is 0. The Labute approximate surface area is 138 Å². The van der Waals surface area contributed by atoms with Crippen LogP contribution in [0.25, 0.3) is 0 Å². The number of rotatable bonds is 13. The normalized spacial score (nSPS) is 11.7. The lowest BCUT2D eigenvalue weighted by Crippen LogP contribution is -2.38. The minimum atomic E-state index is 0.567. The molecule has 1 N–H and O–H groups in total. The molecule has 0 aromatic carbocycles. The molecule has 0 aliphatic heterocycles. The zero-order chi connectivity index (χ0) is 16.2. The Morgan fingerprint density at radius 1 is 0.818 bits per heavy atom. The highest BCUT2D eigenvalue weighted by Crippen LogP contribution is 2.13. The lowest BCUT2D eigenvalue weighted by atomic mass is 10.0. The predicted octanol–water partition coefficient (Wildman–Crippen LogP) is 5.98. The van der Waals surface area contributed by atoms with E-state index in [1.54, 1.807) is 0 Å². The quantitative estimate of drug-likeness (QED) is 0.341. The van der Waals surface area contributed by atoms with Crippen molar-refractivity contribution in [3.05, 3.63) is 18.2 Å². The van der Waals surface area contributed by atoms with E-state index in [1.165, 1.54) is 76.5 Å². The molecule has 0 unspecified atom stereocenters. The summed E-state index contributed by atoms with van der Waals surface area (Å²) in [6.07, 6.45) is 19.6. The number of aromatic nitrogens is 2. The first-order chi connectivity index (χ1) is 10.6. The summed E-state index contributed by atoms with van der Waals surface area (Å²) in [5.41, 5.74) is 0. The van der Waals surface area contributed by atoms with E-state index in [0.717, 1.165) is 5.92 Å². The monoisotopic (exact) mass is 307 g/mol. The Hall–Kier alpha value is -0.790. The second-order valence-corrected chi connectivity index (χ2v) is 7.52. The van der Waals surface area contributed by atoms with Crippen molar-refractivity contribution in [1.82, 2.24) is 4.98 Å². The SMILES string of the molecule is CC(C)CCCCCCCCCCCc1[nH]cc[n+]1C(C)C. The summed E-state index contributed by atoms with van der Waals surface area (Å²) in [7, 11) is 0. The lowest BCUT2D eigenvalue weighted by molar-refractivity contribution is -0.721. The number of hydrogen-bond donors (Lipinski definition) is 1. The van der Waals surface area contributed by atoms with Crippen LogP contribution in [-0.4, -0.2) is 4.98 Å². The van der Waals surface area contributed by atoms with Crippen molar-refractivity contribution in [2.24, 2.45) is 5.92 Å². The number of hydrogen-bond acceptors (Lipinski definition) is 0. The van der Waals surface area contributed by atoms with Crippen molar-refractivity contribution in [2.45, 2.75) is 104 Å². The number of nitrogens with one attached hydrogen (secondary N) is 1. The fourth-order valence-electron chi connectivity index (χ4n) is 3.15. The summed E-state index contributed by atoms with van der Waals surface area (Å²) in [6.45, 7) is 9.16. The molecule has 0 saturated heterocycles. The van der Waals surface area contributed by atoms with Gasteiger partial charge in [-0.05, 0) is 26.2 Å². The molecule has 0 spiro atoms. The fourth-order valence-corrected chi connectivity index (χ4v) is 3.15. The third-order valence-corrected chi connectivity index (χ3v) is 4.55. The third kappa shape index (κ3) is 8.60. The van der Waals surface area contributed by atoms with Crippen molar-refractivity contribution >= 4 is 0 Å². The van der Waals surface area contributed by atoms with E-state index in [-0.39, 0.29) is 0 Å². The lowest BCUT2D eigenvalue weighted by Gasteiger charge is -2.05. The molecule has 0 aliphatic carbocycles. The van der Waals surface area contributed by atoms with Gasteiger partial charge in [-0.15, -0.1) is 0 Å². The molecule has 1 heterocycles. The van der Waals surface area contributed by atoms with Gasteiger partial charge in [-0.1, -0.05) is 71.6 Å². The first-order valence-electron chi connectivity index (χ1n) is 9.68. The molecule has 1 aromatic rings. The highest BCUT2D eigenvalue weighted by atomic mass is 15.1. The van der Waals surface area contributed by atoms with E-state index in [2.05, 4.69) is 49.6 Å². The summed E-state index contributed by atoms with van der Waals surface area (Å²) in [5.74, 6) is 2.27. The van der Waals surface area contributed by atoms with Crippen LogP contribution in [0.1, 0.15) is 104 Å². The maximum atomic E-state index is 3.39. The van der Waals surface area contributed by atoms with Crippen molar-refractivity contribution in [3.8, 4) is 0 Å². The Kier molecular flexibility index (Phi) is 10.3. The van der Waals surface area contributed by atoms with Crippen LogP contribution in [0.3, 0.4) is 0 Å². The Morgan fingerprint density at radius 3 is 1.91 bits per heavy atom. The fraction of sp³-hybridized carbons (Fsp3) is 0.850.